The Kier molecular flexibility index (Phi) is 5.57. The fraction of sp³-hybridized carbons (Fsp3) is 0.739. The molecular weight excluding hydrogens is 292 g/mol. The topological polar surface area (TPSA) is 20.2 Å². The molecule has 1 aromatic rings. The zero-order chi connectivity index (χ0) is 17.0. The molecule has 3 rings (SSSR count). The maximum Gasteiger partial charge on any atom is 0.121 e. The Hall–Kier alpha value is -0.980. The van der Waals surface area contributed by atoms with Crippen molar-refractivity contribution in [1.29, 1.82) is 0 Å². The van der Waals surface area contributed by atoms with E-state index in [2.05, 4.69) is 32.0 Å². The third-order valence-corrected chi connectivity index (χ3v) is 6.89. The molecule has 1 aromatic carbocycles. The van der Waals surface area contributed by atoms with Gasteiger partial charge in [0.15, 0.2) is 0 Å². The lowest BCUT2D eigenvalue weighted by Gasteiger charge is -2.13. The van der Waals surface area contributed by atoms with Gasteiger partial charge in [-0.15, -0.1) is 0 Å². The monoisotopic (exact) mass is 328 g/mol. The molecule has 2 aliphatic rings. The highest BCUT2D eigenvalue weighted by Crippen LogP contribution is 2.52. The van der Waals surface area contributed by atoms with E-state index in [1.807, 2.05) is 0 Å². The highest BCUT2D eigenvalue weighted by molar-refractivity contribution is 5.40. The minimum Gasteiger partial charge on any atom is -0.507 e. The molecule has 0 atom stereocenters. The summed E-state index contributed by atoms with van der Waals surface area (Å²) in [5, 5.41) is 10.6. The second-order valence-corrected chi connectivity index (χ2v) is 9.00. The smallest absolute Gasteiger partial charge is 0.121 e. The summed E-state index contributed by atoms with van der Waals surface area (Å²) in [6.45, 7) is 4.75. The highest BCUT2D eigenvalue weighted by atomic mass is 16.3. The maximum atomic E-state index is 10.6. The van der Waals surface area contributed by atoms with Crippen molar-refractivity contribution in [2.75, 3.05) is 0 Å². The van der Waals surface area contributed by atoms with E-state index < -0.39 is 0 Å². The predicted molar refractivity (Wildman–Crippen MR) is 103 cm³/mol. The van der Waals surface area contributed by atoms with Crippen LogP contribution >= 0.6 is 0 Å². The number of hydrogen-bond donors (Lipinski definition) is 1. The number of para-hydroxylation sites is 1. The average Bonchev–Trinajstić information content (AvgIpc) is 3.50. The summed E-state index contributed by atoms with van der Waals surface area (Å²) in [4.78, 5) is 0. The van der Waals surface area contributed by atoms with E-state index in [-0.39, 0.29) is 0 Å². The van der Waals surface area contributed by atoms with Crippen molar-refractivity contribution in [1.82, 2.24) is 0 Å². The number of unbranched alkanes of at least 4 members (excludes halogenated alkanes) is 2. The third-order valence-electron chi connectivity index (χ3n) is 6.89. The van der Waals surface area contributed by atoms with Gasteiger partial charge in [0.1, 0.15) is 5.75 Å². The second-order valence-electron chi connectivity index (χ2n) is 9.00. The average molecular weight is 329 g/mol. The van der Waals surface area contributed by atoms with Crippen LogP contribution in [0.2, 0.25) is 0 Å². The predicted octanol–water partition coefficient (Wildman–Crippen LogP) is 6.81. The number of phenols is 1. The van der Waals surface area contributed by atoms with E-state index in [9.17, 15) is 5.11 Å². The van der Waals surface area contributed by atoms with Crippen molar-refractivity contribution in [3.05, 3.63) is 29.3 Å². The van der Waals surface area contributed by atoms with Crippen LogP contribution in [0.5, 0.6) is 5.75 Å². The van der Waals surface area contributed by atoms with Crippen molar-refractivity contribution < 1.29 is 5.11 Å². The molecule has 1 heteroatoms. The first-order valence-corrected chi connectivity index (χ1v) is 10.4. The molecule has 0 heterocycles. The van der Waals surface area contributed by atoms with Crippen molar-refractivity contribution in [2.24, 2.45) is 10.8 Å². The summed E-state index contributed by atoms with van der Waals surface area (Å²) < 4.78 is 0. The number of aromatic hydroxyl groups is 1. The number of phenolic OH excluding ortho intramolecular Hbond substituents is 1. The van der Waals surface area contributed by atoms with Gasteiger partial charge in [-0.3, -0.25) is 0 Å². The van der Waals surface area contributed by atoms with Crippen LogP contribution in [0.25, 0.3) is 0 Å². The van der Waals surface area contributed by atoms with Crippen LogP contribution in [-0.4, -0.2) is 5.11 Å². The molecule has 2 aliphatic carbocycles. The van der Waals surface area contributed by atoms with E-state index in [1.165, 1.54) is 81.8 Å². The maximum absolute atomic E-state index is 10.6. The van der Waals surface area contributed by atoms with Crippen molar-refractivity contribution in [3.8, 4) is 5.75 Å². The molecule has 134 valence electrons. The van der Waals surface area contributed by atoms with Crippen molar-refractivity contribution in [2.45, 2.75) is 97.3 Å². The van der Waals surface area contributed by atoms with Crippen LogP contribution in [0.4, 0.5) is 0 Å². The summed E-state index contributed by atoms with van der Waals surface area (Å²) in [5.74, 6) is 0.590. The Morgan fingerprint density at radius 1 is 0.875 bits per heavy atom. The van der Waals surface area contributed by atoms with Crippen LogP contribution < -0.4 is 0 Å². The van der Waals surface area contributed by atoms with Gasteiger partial charge in [-0.1, -0.05) is 51.3 Å². The summed E-state index contributed by atoms with van der Waals surface area (Å²) in [5.41, 5.74) is 3.72. The van der Waals surface area contributed by atoms with Gasteiger partial charge < -0.3 is 5.11 Å². The SMILES string of the molecule is CCC1(CCCCc2cccc(CCCCC3(C)CC3)c2O)CC1. The van der Waals surface area contributed by atoms with Crippen molar-refractivity contribution >= 4 is 0 Å². The van der Waals surface area contributed by atoms with Gasteiger partial charge in [0, 0.05) is 0 Å². The molecule has 1 nitrogen and oxygen atoms in total. The number of benzene rings is 1. The third kappa shape index (κ3) is 4.77. The molecule has 0 aliphatic heterocycles. The number of hydrogen-bond acceptors (Lipinski definition) is 1. The molecule has 2 fully saturated rings. The minimum atomic E-state index is 0.590. The number of aryl methyl sites for hydroxylation is 2. The standard InChI is InChI=1S/C23H36O/c1-3-23(17-18-23)14-7-5-10-20-12-8-11-19(21(20)24)9-4-6-13-22(2)15-16-22/h8,11-12,24H,3-7,9-10,13-18H2,1-2H3. The van der Waals surface area contributed by atoms with Crippen LogP contribution in [0.3, 0.4) is 0 Å². The van der Waals surface area contributed by atoms with Crippen molar-refractivity contribution in [3.63, 3.8) is 0 Å². The first-order chi connectivity index (χ1) is 11.6. The molecule has 0 amide bonds. The van der Waals surface area contributed by atoms with Gasteiger partial charge in [-0.05, 0) is 86.2 Å². The summed E-state index contributed by atoms with van der Waals surface area (Å²) in [6.07, 6.45) is 17.0. The second kappa shape index (κ2) is 7.50. The lowest BCUT2D eigenvalue weighted by Crippen LogP contribution is -1.99. The molecule has 0 radical (unpaired) electrons. The summed E-state index contributed by atoms with van der Waals surface area (Å²) in [7, 11) is 0. The zero-order valence-corrected chi connectivity index (χ0v) is 15.9. The van der Waals surface area contributed by atoms with Gasteiger partial charge in [-0.2, -0.15) is 0 Å². The molecule has 0 aromatic heterocycles. The molecule has 2 saturated carbocycles. The van der Waals surface area contributed by atoms with Gasteiger partial charge in [-0.25, -0.2) is 0 Å². The summed E-state index contributed by atoms with van der Waals surface area (Å²) in [6, 6.07) is 6.38. The van der Waals surface area contributed by atoms with Crippen LogP contribution in [0.1, 0.15) is 95.6 Å². The molecule has 0 unspecified atom stereocenters. The largest absolute Gasteiger partial charge is 0.507 e. The lowest BCUT2D eigenvalue weighted by molar-refractivity contribution is 0.422. The lowest BCUT2D eigenvalue weighted by atomic mass is 9.93. The Balaban J connectivity index is 1.40. The van der Waals surface area contributed by atoms with Gasteiger partial charge in [0.2, 0.25) is 0 Å². The molecule has 0 saturated heterocycles. The van der Waals surface area contributed by atoms with Gasteiger partial charge in [0.05, 0.1) is 0 Å². The van der Waals surface area contributed by atoms with E-state index in [1.54, 1.807) is 0 Å². The first-order valence-electron chi connectivity index (χ1n) is 10.4. The molecular formula is C23H36O. The summed E-state index contributed by atoms with van der Waals surface area (Å²) >= 11 is 0. The Labute approximate surface area is 148 Å². The minimum absolute atomic E-state index is 0.590. The van der Waals surface area contributed by atoms with Gasteiger partial charge in [0.25, 0.3) is 0 Å². The highest BCUT2D eigenvalue weighted by Gasteiger charge is 2.39. The quantitative estimate of drug-likeness (QED) is 0.442. The van der Waals surface area contributed by atoms with Gasteiger partial charge >= 0.3 is 0 Å². The Bertz CT molecular complexity index is 537. The first kappa shape index (κ1) is 17.8. The van der Waals surface area contributed by atoms with Crippen LogP contribution in [-0.2, 0) is 12.8 Å². The zero-order valence-electron chi connectivity index (χ0n) is 15.9. The Morgan fingerprint density at radius 3 is 1.96 bits per heavy atom. The van der Waals surface area contributed by atoms with E-state index in [0.717, 1.165) is 12.8 Å². The normalized spacial score (nSPS) is 20.1. The molecule has 0 bridgehead atoms. The van der Waals surface area contributed by atoms with E-state index >= 15 is 0 Å². The van der Waals surface area contributed by atoms with Crippen LogP contribution in [0.15, 0.2) is 18.2 Å². The fourth-order valence-electron chi connectivity index (χ4n) is 4.15. The molecule has 24 heavy (non-hydrogen) atoms. The van der Waals surface area contributed by atoms with E-state index in [4.69, 9.17) is 0 Å². The molecule has 0 spiro atoms. The molecule has 1 N–H and O–H groups in total. The van der Waals surface area contributed by atoms with Crippen LogP contribution in [0, 0.1) is 10.8 Å². The fourth-order valence-corrected chi connectivity index (χ4v) is 4.15. The number of rotatable bonds is 11. The Morgan fingerprint density at radius 2 is 1.46 bits per heavy atom. The van der Waals surface area contributed by atoms with E-state index in [0.29, 0.717) is 16.6 Å².